The number of nitrogens with zero attached hydrogens (tertiary/aromatic N) is 1. The Morgan fingerprint density at radius 1 is 1.00 bits per heavy atom. The summed E-state index contributed by atoms with van der Waals surface area (Å²) in [4.78, 5) is 13.7. The standard InChI is InChI=1S/C23H25NO2/c25-23(26)20-8-6-18(7-9-20)14-19-15-21-10-11-22(16-19)24(21)13-12-17-4-2-1-3-5-17/h1-9,14,21-22H,10-13,15-16H2,(H,25,26). The molecule has 0 amide bonds. The maximum Gasteiger partial charge on any atom is 0.335 e. The minimum atomic E-state index is -0.867. The van der Waals surface area contributed by atoms with E-state index in [9.17, 15) is 4.79 Å². The molecular weight excluding hydrogens is 322 g/mol. The van der Waals surface area contributed by atoms with Crippen molar-refractivity contribution in [2.24, 2.45) is 0 Å². The number of rotatable bonds is 5. The van der Waals surface area contributed by atoms with Crippen LogP contribution in [0.4, 0.5) is 0 Å². The van der Waals surface area contributed by atoms with Crippen molar-refractivity contribution in [1.29, 1.82) is 0 Å². The van der Waals surface area contributed by atoms with Gasteiger partial charge in [-0.2, -0.15) is 0 Å². The lowest BCUT2D eigenvalue weighted by Crippen LogP contribution is -2.41. The van der Waals surface area contributed by atoms with E-state index in [1.807, 2.05) is 12.1 Å². The molecular formula is C23H25NO2. The molecule has 3 heteroatoms. The minimum absolute atomic E-state index is 0.350. The van der Waals surface area contributed by atoms with Gasteiger partial charge < -0.3 is 5.11 Å². The molecule has 2 saturated heterocycles. The Morgan fingerprint density at radius 3 is 2.27 bits per heavy atom. The summed E-state index contributed by atoms with van der Waals surface area (Å²) >= 11 is 0. The van der Waals surface area contributed by atoms with Gasteiger partial charge in [0.2, 0.25) is 0 Å². The van der Waals surface area contributed by atoms with Crippen molar-refractivity contribution in [2.45, 2.75) is 44.2 Å². The Labute approximate surface area is 155 Å². The van der Waals surface area contributed by atoms with Crippen molar-refractivity contribution >= 4 is 12.0 Å². The fourth-order valence-corrected chi connectivity index (χ4v) is 4.49. The predicted octanol–water partition coefficient (Wildman–Crippen LogP) is 4.64. The van der Waals surface area contributed by atoms with Gasteiger partial charge in [0.05, 0.1) is 5.56 Å². The van der Waals surface area contributed by atoms with Crippen molar-refractivity contribution in [3.63, 3.8) is 0 Å². The molecule has 2 aliphatic rings. The molecule has 2 heterocycles. The Hall–Kier alpha value is -2.39. The first-order valence-corrected chi connectivity index (χ1v) is 9.51. The second-order valence-electron chi connectivity index (χ2n) is 7.50. The van der Waals surface area contributed by atoms with Crippen molar-refractivity contribution in [1.82, 2.24) is 4.90 Å². The fraction of sp³-hybridized carbons (Fsp3) is 0.348. The molecule has 4 rings (SSSR count). The van der Waals surface area contributed by atoms with Crippen LogP contribution in [0, 0.1) is 0 Å². The van der Waals surface area contributed by atoms with Crippen LogP contribution in [0.25, 0.3) is 6.08 Å². The average Bonchev–Trinajstić information content (AvgIpc) is 2.90. The lowest BCUT2D eigenvalue weighted by molar-refractivity contribution is 0.0697. The van der Waals surface area contributed by atoms with E-state index in [4.69, 9.17) is 5.11 Å². The summed E-state index contributed by atoms with van der Waals surface area (Å²) in [7, 11) is 0. The summed E-state index contributed by atoms with van der Waals surface area (Å²) < 4.78 is 0. The van der Waals surface area contributed by atoms with Gasteiger partial charge in [-0.3, -0.25) is 4.90 Å². The number of piperidine rings is 1. The molecule has 2 aromatic rings. The van der Waals surface area contributed by atoms with E-state index in [1.54, 1.807) is 12.1 Å². The highest BCUT2D eigenvalue weighted by Crippen LogP contribution is 2.39. The first kappa shape index (κ1) is 17.0. The summed E-state index contributed by atoms with van der Waals surface area (Å²) in [6, 6.07) is 19.3. The molecule has 0 spiro atoms. The second-order valence-corrected chi connectivity index (χ2v) is 7.50. The highest BCUT2D eigenvalue weighted by Gasteiger charge is 2.37. The number of benzene rings is 2. The van der Waals surface area contributed by atoms with Crippen LogP contribution in [0.15, 0.2) is 60.2 Å². The highest BCUT2D eigenvalue weighted by atomic mass is 16.4. The van der Waals surface area contributed by atoms with Crippen molar-refractivity contribution in [3.8, 4) is 0 Å². The van der Waals surface area contributed by atoms with E-state index in [1.165, 1.54) is 24.0 Å². The van der Waals surface area contributed by atoms with E-state index in [-0.39, 0.29) is 0 Å². The highest BCUT2D eigenvalue weighted by molar-refractivity contribution is 5.87. The molecule has 2 aliphatic heterocycles. The van der Waals surface area contributed by atoms with Gasteiger partial charge in [0.25, 0.3) is 0 Å². The zero-order valence-corrected chi connectivity index (χ0v) is 15.0. The van der Waals surface area contributed by atoms with Gasteiger partial charge in [0.15, 0.2) is 0 Å². The number of hydrogen-bond donors (Lipinski definition) is 1. The molecule has 26 heavy (non-hydrogen) atoms. The fourth-order valence-electron chi connectivity index (χ4n) is 4.49. The number of carboxylic acid groups (broad SMARTS) is 1. The van der Waals surface area contributed by atoms with E-state index >= 15 is 0 Å². The normalized spacial score (nSPS) is 22.4. The summed E-state index contributed by atoms with van der Waals surface area (Å²) in [5.41, 5.74) is 4.40. The van der Waals surface area contributed by atoms with Crippen molar-refractivity contribution < 1.29 is 9.90 Å². The monoisotopic (exact) mass is 347 g/mol. The van der Waals surface area contributed by atoms with Crippen molar-refractivity contribution in [2.75, 3.05) is 6.54 Å². The number of carbonyl (C=O) groups is 1. The molecule has 3 nitrogen and oxygen atoms in total. The SMILES string of the molecule is O=C(O)c1ccc(C=C2CC3CCC(C2)N3CCc2ccccc2)cc1. The minimum Gasteiger partial charge on any atom is -0.478 e. The van der Waals surface area contributed by atoms with Gasteiger partial charge in [-0.25, -0.2) is 4.79 Å². The predicted molar refractivity (Wildman–Crippen MR) is 104 cm³/mol. The van der Waals surface area contributed by atoms with Crippen LogP contribution in [0.3, 0.4) is 0 Å². The molecule has 134 valence electrons. The molecule has 2 unspecified atom stereocenters. The Bertz CT molecular complexity index is 779. The summed E-state index contributed by atoms with van der Waals surface area (Å²) in [6.45, 7) is 1.15. The quantitative estimate of drug-likeness (QED) is 0.857. The van der Waals surface area contributed by atoms with Gasteiger partial charge in [-0.15, -0.1) is 0 Å². The maximum absolute atomic E-state index is 11.0. The molecule has 0 radical (unpaired) electrons. The third kappa shape index (κ3) is 3.73. The van der Waals surface area contributed by atoms with E-state index in [2.05, 4.69) is 41.3 Å². The number of aromatic carboxylic acids is 1. The smallest absolute Gasteiger partial charge is 0.335 e. The first-order valence-electron chi connectivity index (χ1n) is 9.51. The van der Waals surface area contributed by atoms with Crippen LogP contribution in [0.1, 0.15) is 47.2 Å². The van der Waals surface area contributed by atoms with Gasteiger partial charge >= 0.3 is 5.97 Å². The third-order valence-corrected chi connectivity index (χ3v) is 5.80. The Balaban J connectivity index is 1.40. The number of carboxylic acids is 1. The molecule has 0 aromatic heterocycles. The molecule has 0 aliphatic carbocycles. The maximum atomic E-state index is 11.0. The zero-order chi connectivity index (χ0) is 17.9. The molecule has 2 atom stereocenters. The van der Waals surface area contributed by atoms with E-state index in [0.29, 0.717) is 17.6 Å². The molecule has 0 saturated carbocycles. The van der Waals surface area contributed by atoms with Crippen LogP contribution in [-0.4, -0.2) is 34.6 Å². The first-order chi connectivity index (χ1) is 12.7. The van der Waals surface area contributed by atoms with Gasteiger partial charge in [-0.05, 0) is 55.4 Å². The topological polar surface area (TPSA) is 40.5 Å². The molecule has 2 bridgehead atoms. The third-order valence-electron chi connectivity index (χ3n) is 5.80. The molecule has 2 fully saturated rings. The lowest BCUT2D eigenvalue weighted by Gasteiger charge is -2.36. The molecule has 1 N–H and O–H groups in total. The summed E-state index contributed by atoms with van der Waals surface area (Å²) in [6.07, 6.45) is 8.29. The Kier molecular flexibility index (Phi) is 4.89. The zero-order valence-electron chi connectivity index (χ0n) is 15.0. The average molecular weight is 347 g/mol. The molecule has 2 aromatic carbocycles. The van der Waals surface area contributed by atoms with E-state index in [0.717, 1.165) is 31.4 Å². The van der Waals surface area contributed by atoms with Gasteiger partial charge in [-0.1, -0.05) is 54.1 Å². The van der Waals surface area contributed by atoms with Gasteiger partial charge in [0.1, 0.15) is 0 Å². The van der Waals surface area contributed by atoms with Crippen LogP contribution in [-0.2, 0) is 6.42 Å². The summed E-state index contributed by atoms with van der Waals surface area (Å²) in [5, 5.41) is 9.02. The second kappa shape index (κ2) is 7.46. The van der Waals surface area contributed by atoms with Crippen LogP contribution in [0.2, 0.25) is 0 Å². The van der Waals surface area contributed by atoms with Crippen LogP contribution in [0.5, 0.6) is 0 Å². The number of hydrogen-bond acceptors (Lipinski definition) is 2. The van der Waals surface area contributed by atoms with Gasteiger partial charge in [0, 0.05) is 18.6 Å². The largest absolute Gasteiger partial charge is 0.478 e. The number of fused-ring (bicyclic) bond motifs is 2. The van der Waals surface area contributed by atoms with Crippen LogP contribution < -0.4 is 0 Å². The summed E-state index contributed by atoms with van der Waals surface area (Å²) in [5.74, 6) is -0.867. The van der Waals surface area contributed by atoms with Crippen molar-refractivity contribution in [3.05, 3.63) is 76.9 Å². The van der Waals surface area contributed by atoms with Crippen LogP contribution >= 0.6 is 0 Å². The Morgan fingerprint density at radius 2 is 1.65 bits per heavy atom. The lowest BCUT2D eigenvalue weighted by atomic mass is 9.94. The van der Waals surface area contributed by atoms with E-state index < -0.39 is 5.97 Å².